The quantitative estimate of drug-likeness (QED) is 0.142. The van der Waals surface area contributed by atoms with Crippen molar-refractivity contribution in [1.82, 2.24) is 0 Å². The summed E-state index contributed by atoms with van der Waals surface area (Å²) in [4.78, 5) is 0. The lowest BCUT2D eigenvalue weighted by atomic mass is 9.84. The van der Waals surface area contributed by atoms with E-state index in [1.165, 1.54) is 152 Å². The minimum absolute atomic E-state index is 0.901. The Bertz CT molecular complexity index is 6420. The molecule has 0 unspecified atom stereocenters. The van der Waals surface area contributed by atoms with Crippen LogP contribution in [0.2, 0.25) is 0 Å². The van der Waals surface area contributed by atoms with Crippen LogP contribution in [0.3, 0.4) is 0 Å². The van der Waals surface area contributed by atoms with Gasteiger partial charge in [0, 0.05) is 24.3 Å². The van der Waals surface area contributed by atoms with Crippen molar-refractivity contribution in [2.75, 3.05) is 0 Å². The first-order valence-corrected chi connectivity index (χ1v) is 33.7. The van der Waals surface area contributed by atoms with Crippen molar-refractivity contribution in [3.05, 3.63) is 364 Å². The molecule has 20 aromatic rings. The van der Waals surface area contributed by atoms with E-state index in [2.05, 4.69) is 358 Å². The Morgan fingerprint density at radius 3 is 0.890 bits per heavy atom. The van der Waals surface area contributed by atoms with E-state index in [0.29, 0.717) is 0 Å². The van der Waals surface area contributed by atoms with E-state index in [1.807, 2.05) is 6.07 Å². The monoisotopic (exact) mass is 1280 g/mol. The highest BCUT2D eigenvalue weighted by Crippen LogP contribution is 2.49. The molecule has 0 saturated heterocycles. The third-order valence-electron chi connectivity index (χ3n) is 20.1. The molecule has 18 aromatic carbocycles. The molecule has 0 amide bonds. The summed E-state index contributed by atoms with van der Waals surface area (Å²) in [5, 5.41) is 19.4. The molecule has 20 rings (SSSR count). The molecule has 100 heavy (non-hydrogen) atoms. The average molecular weight is 1280 g/mol. The minimum atomic E-state index is 0.901. The number of hydrogen-bond donors (Lipinski definition) is 0. The van der Waals surface area contributed by atoms with Crippen LogP contribution in [0.5, 0.6) is 0 Å². The Hall–Kier alpha value is -12.9. The molecule has 0 atom stereocenters. The zero-order valence-electron chi connectivity index (χ0n) is 57.5. The predicted molar refractivity (Wildman–Crippen MR) is 429 cm³/mol. The molecule has 0 aliphatic heterocycles. The fraction of sp³-hybridized carbons (Fsp3) is 0.0204. The average Bonchev–Trinajstić information content (AvgIpc) is 1.45. The number of furan rings is 2. The van der Waals surface area contributed by atoms with Crippen LogP contribution >= 0.6 is 0 Å². The van der Waals surface area contributed by atoms with Gasteiger partial charge in [-0.15, -0.1) is 0 Å². The number of rotatable bonds is 8. The summed E-state index contributed by atoms with van der Waals surface area (Å²) < 4.78 is 24.6. The summed E-state index contributed by atoms with van der Waals surface area (Å²) in [7, 11) is 2.50. The third-order valence-corrected chi connectivity index (χ3v) is 20.1. The Kier molecular flexibility index (Phi) is 14.8. The van der Waals surface area contributed by atoms with Crippen molar-refractivity contribution in [3.8, 4) is 89.0 Å². The van der Waals surface area contributed by atoms with Gasteiger partial charge in [0.25, 0.3) is 0 Å². The molecule has 2 heteroatoms. The van der Waals surface area contributed by atoms with Gasteiger partial charge in [0.05, 0.1) is 0 Å². The van der Waals surface area contributed by atoms with Crippen molar-refractivity contribution in [3.63, 3.8) is 0 Å². The molecule has 0 bridgehead atoms. The summed E-state index contributed by atoms with van der Waals surface area (Å²) in [5.74, 6) is 0. The van der Waals surface area contributed by atoms with Gasteiger partial charge in [-0.1, -0.05) is 312 Å². The summed E-state index contributed by atoms with van der Waals surface area (Å²) in [5.41, 5.74) is 23.1. The Balaban J connectivity index is 0.000000145. The van der Waals surface area contributed by atoms with Crippen molar-refractivity contribution in [2.45, 2.75) is 14.8 Å². The lowest BCUT2D eigenvalue weighted by Crippen LogP contribution is -1.91. The molecule has 472 valence electrons. The highest BCUT2D eigenvalue weighted by atomic mass is 16.3. The Morgan fingerprint density at radius 2 is 0.450 bits per heavy atom. The van der Waals surface area contributed by atoms with E-state index in [9.17, 15) is 0 Å². The molecule has 0 spiro atoms. The molecular weight excluding hydrogens is 1210 g/mol. The zero-order chi connectivity index (χ0) is 68.6. The SMILES string of the molecule is [2H]C.[2H]C.c1ccc(-c2ccc3c(-c4c5ccccc5c(-c5ccc6c(c5)oc5ccc(-c7ccccc7)cc56)c5ccccc45)cccc3c2)cc1.c1ccc(-c2ccc3cc(-c4c5ccccc5c(-c5ccc6c(c5)oc5cc(-c7ccccc7)ccc56)c5ccccc45)ccc3c2)cc1. The topological polar surface area (TPSA) is 26.3 Å². The molecule has 0 saturated carbocycles. The summed E-state index contributed by atoms with van der Waals surface area (Å²) in [6.45, 7) is 0. The minimum Gasteiger partial charge on any atom is -0.456 e. The van der Waals surface area contributed by atoms with Crippen LogP contribution in [0.15, 0.2) is 373 Å². The van der Waals surface area contributed by atoms with Crippen molar-refractivity contribution >= 4 is 109 Å². The van der Waals surface area contributed by atoms with Crippen LogP contribution in [0, 0.1) is 0 Å². The predicted octanol–water partition coefficient (Wildman–Crippen LogP) is 28.7. The van der Waals surface area contributed by atoms with Gasteiger partial charge in [-0.05, 0) is 220 Å². The molecular formula is C98H68O2. The van der Waals surface area contributed by atoms with E-state index in [1.54, 1.807) is 0 Å². The molecule has 2 nitrogen and oxygen atoms in total. The molecule has 0 fully saturated rings. The molecule has 0 aliphatic carbocycles. The lowest BCUT2D eigenvalue weighted by molar-refractivity contribution is 0.669. The largest absolute Gasteiger partial charge is 0.456 e. The van der Waals surface area contributed by atoms with Crippen molar-refractivity contribution in [1.29, 1.82) is 0 Å². The van der Waals surface area contributed by atoms with Crippen LogP contribution in [-0.2, 0) is 0 Å². The maximum atomic E-state index is 6.57. The third kappa shape index (κ3) is 10.4. The van der Waals surface area contributed by atoms with Gasteiger partial charge in [-0.25, -0.2) is 0 Å². The fourth-order valence-corrected chi connectivity index (χ4v) is 15.5. The summed E-state index contributed by atoms with van der Waals surface area (Å²) >= 11 is 0. The molecule has 2 heterocycles. The number of hydrogen-bond acceptors (Lipinski definition) is 2. The van der Waals surface area contributed by atoms with Crippen LogP contribution in [0.4, 0.5) is 0 Å². The summed E-state index contributed by atoms with van der Waals surface area (Å²) in [6, 6.07) is 131. The van der Waals surface area contributed by atoms with Gasteiger partial charge in [0.2, 0.25) is 0 Å². The first-order chi connectivity index (χ1) is 50.6. The van der Waals surface area contributed by atoms with E-state index in [4.69, 9.17) is 11.6 Å². The highest BCUT2D eigenvalue weighted by molar-refractivity contribution is 6.25. The van der Waals surface area contributed by atoms with Gasteiger partial charge in [-0.3, -0.25) is 0 Å². The van der Waals surface area contributed by atoms with Crippen LogP contribution in [0.1, 0.15) is 17.5 Å². The first-order valence-electron chi connectivity index (χ1n) is 35.7. The number of fused-ring (bicyclic) bond motifs is 12. The number of benzene rings is 18. The normalized spacial score (nSPS) is 11.6. The molecule has 0 N–H and O–H groups in total. The van der Waals surface area contributed by atoms with E-state index < -0.39 is 0 Å². The second-order valence-corrected chi connectivity index (χ2v) is 25.7. The second-order valence-electron chi connectivity index (χ2n) is 25.7. The van der Waals surface area contributed by atoms with Crippen LogP contribution < -0.4 is 0 Å². The maximum absolute atomic E-state index is 6.57. The van der Waals surface area contributed by atoms with Gasteiger partial charge >= 0.3 is 0 Å². The molecule has 2 aromatic heterocycles. The summed E-state index contributed by atoms with van der Waals surface area (Å²) in [6.07, 6.45) is 0. The van der Waals surface area contributed by atoms with Crippen LogP contribution in [-0.4, -0.2) is 0 Å². The van der Waals surface area contributed by atoms with E-state index in [-0.39, 0.29) is 0 Å². The van der Waals surface area contributed by atoms with Crippen molar-refractivity contribution < 1.29 is 11.6 Å². The van der Waals surface area contributed by atoms with Gasteiger partial charge in [0.1, 0.15) is 22.3 Å². The van der Waals surface area contributed by atoms with Crippen LogP contribution in [0.25, 0.3) is 198 Å². The van der Waals surface area contributed by atoms with Gasteiger partial charge in [0.15, 0.2) is 0 Å². The molecule has 0 radical (unpaired) electrons. The fourth-order valence-electron chi connectivity index (χ4n) is 15.5. The Morgan fingerprint density at radius 1 is 0.160 bits per heavy atom. The first kappa shape index (κ1) is 58.5. The van der Waals surface area contributed by atoms with E-state index >= 15 is 0 Å². The standard InChI is InChI=1S/2C48H30O.2CH4/c1-3-12-31(13-4-1)33-22-25-37-35(28-33)16-11-21-39(37)48-42-19-9-7-17-40(42)47(41-18-8-10-20-43(41)48)36-23-26-38-44-29-34(32-14-5-2-6-15-32)24-27-45(44)49-46(38)30-36;1-3-11-31(12-4-1)33-19-20-35-28-37(22-21-34(35)27-33)47-41-15-7-9-17-43(41)48(44-18-10-8-16-42(44)47)38-24-26-40-39-25-23-36(32-13-5-2-6-14-32)29-45(39)49-46(40)30-38;;/h2*1-30H;2*1H4/i;;2*1D. The molecule has 0 aliphatic rings. The second kappa shape index (κ2) is 25.3. The maximum Gasteiger partial charge on any atom is 0.136 e. The lowest BCUT2D eigenvalue weighted by Gasteiger charge is -2.19. The smallest absolute Gasteiger partial charge is 0.136 e. The zero-order valence-corrected chi connectivity index (χ0v) is 55.5. The van der Waals surface area contributed by atoms with Crippen molar-refractivity contribution in [2.24, 2.45) is 0 Å². The van der Waals surface area contributed by atoms with Gasteiger partial charge in [-0.2, -0.15) is 0 Å². The highest BCUT2D eigenvalue weighted by Gasteiger charge is 2.22. The Labute approximate surface area is 584 Å². The van der Waals surface area contributed by atoms with Gasteiger partial charge < -0.3 is 8.83 Å². The van der Waals surface area contributed by atoms with E-state index in [0.717, 1.165) is 60.6 Å².